The molecule has 0 fully saturated rings. The Kier molecular flexibility index (Phi) is 1.14. The third kappa shape index (κ3) is 1.02. The zero-order valence-corrected chi connectivity index (χ0v) is 4.50. The maximum atomic E-state index is 10.1. The summed E-state index contributed by atoms with van der Waals surface area (Å²) < 4.78 is 4.52. The van der Waals surface area contributed by atoms with Crippen molar-refractivity contribution in [3.05, 3.63) is 17.9 Å². The minimum atomic E-state index is -1.10. The molecule has 0 aliphatic heterocycles. The van der Waals surface area contributed by atoms with Gasteiger partial charge in [-0.15, -0.1) is 0 Å². The number of hydrogen-bond acceptors (Lipinski definition) is 3. The summed E-state index contributed by atoms with van der Waals surface area (Å²) in [6, 6.07) is 2.70. The Balaban J connectivity index is 2.98. The second-order valence-electron chi connectivity index (χ2n) is 1.51. The summed E-state index contributed by atoms with van der Waals surface area (Å²) in [5.41, 5.74) is 5.09. The lowest BCUT2D eigenvalue weighted by Gasteiger charge is -1.82. The highest BCUT2D eigenvalue weighted by Crippen LogP contribution is 2.07. The molecule has 0 bridgehead atoms. The summed E-state index contributed by atoms with van der Waals surface area (Å²) in [7, 11) is 0. The normalized spacial score (nSPS) is 9.33. The topological polar surface area (TPSA) is 76.5 Å². The van der Waals surface area contributed by atoms with Gasteiger partial charge in [0.15, 0.2) is 5.88 Å². The molecule has 0 saturated heterocycles. The smallest absolute Gasteiger partial charge is 0.371 e. The number of furan rings is 1. The van der Waals surface area contributed by atoms with Gasteiger partial charge in [-0.1, -0.05) is 0 Å². The van der Waals surface area contributed by atoms with E-state index in [0.29, 0.717) is 0 Å². The van der Waals surface area contributed by atoms with Crippen molar-refractivity contribution < 1.29 is 14.3 Å². The summed E-state index contributed by atoms with van der Waals surface area (Å²) in [5.74, 6) is -1.12. The van der Waals surface area contributed by atoms with Crippen LogP contribution >= 0.6 is 0 Å². The second-order valence-corrected chi connectivity index (χ2v) is 1.51. The molecule has 0 unspecified atom stereocenters. The molecule has 1 rings (SSSR count). The first kappa shape index (κ1) is 5.68. The van der Waals surface area contributed by atoms with E-state index in [2.05, 4.69) is 4.42 Å². The van der Waals surface area contributed by atoms with Crippen LogP contribution in [0.1, 0.15) is 10.6 Å². The Morgan fingerprint density at radius 1 is 1.67 bits per heavy atom. The highest BCUT2D eigenvalue weighted by molar-refractivity contribution is 5.84. The molecule has 0 radical (unpaired) electrons. The number of carbonyl (C=O) groups is 1. The lowest BCUT2D eigenvalue weighted by atomic mass is 10.5. The van der Waals surface area contributed by atoms with Gasteiger partial charge < -0.3 is 15.3 Å². The number of nitrogens with two attached hydrogens (primary N) is 1. The van der Waals surface area contributed by atoms with Crippen molar-refractivity contribution in [3.8, 4) is 0 Å². The first-order chi connectivity index (χ1) is 4.20. The molecule has 9 heavy (non-hydrogen) atoms. The molecule has 0 atom stereocenters. The third-order valence-corrected chi connectivity index (χ3v) is 0.838. The van der Waals surface area contributed by atoms with E-state index in [-0.39, 0.29) is 11.6 Å². The lowest BCUT2D eigenvalue weighted by Crippen LogP contribution is -1.91. The zero-order chi connectivity index (χ0) is 6.85. The van der Waals surface area contributed by atoms with Crippen LogP contribution in [0.2, 0.25) is 0 Å². The van der Waals surface area contributed by atoms with Crippen molar-refractivity contribution in [1.82, 2.24) is 0 Å². The molecule has 48 valence electrons. The van der Waals surface area contributed by atoms with Gasteiger partial charge in [-0.05, 0) is 6.07 Å². The van der Waals surface area contributed by atoms with Crippen LogP contribution in [-0.4, -0.2) is 11.1 Å². The Hall–Kier alpha value is -1.45. The van der Waals surface area contributed by atoms with Crippen LogP contribution in [0.15, 0.2) is 16.5 Å². The van der Waals surface area contributed by atoms with E-state index >= 15 is 0 Å². The number of rotatable bonds is 1. The van der Waals surface area contributed by atoms with Gasteiger partial charge in [-0.2, -0.15) is 0 Å². The molecule has 4 nitrogen and oxygen atoms in total. The quantitative estimate of drug-likeness (QED) is 0.577. The molecule has 0 spiro atoms. The van der Waals surface area contributed by atoms with Gasteiger partial charge in [-0.3, -0.25) is 0 Å². The van der Waals surface area contributed by atoms with E-state index in [9.17, 15) is 4.79 Å². The van der Waals surface area contributed by atoms with Crippen molar-refractivity contribution in [3.63, 3.8) is 0 Å². The molecule has 0 amide bonds. The van der Waals surface area contributed by atoms with Crippen molar-refractivity contribution in [2.24, 2.45) is 0 Å². The van der Waals surface area contributed by atoms with E-state index in [1.165, 1.54) is 12.1 Å². The van der Waals surface area contributed by atoms with Gasteiger partial charge in [0.1, 0.15) is 0 Å². The van der Waals surface area contributed by atoms with Crippen LogP contribution in [0.3, 0.4) is 0 Å². The maximum absolute atomic E-state index is 10.1. The fourth-order valence-corrected chi connectivity index (χ4v) is 0.468. The Morgan fingerprint density at radius 3 is 2.56 bits per heavy atom. The van der Waals surface area contributed by atoms with Gasteiger partial charge in [0.2, 0.25) is 5.76 Å². The minimum Gasteiger partial charge on any atom is -0.475 e. The van der Waals surface area contributed by atoms with Gasteiger partial charge in [0.05, 0.1) is 0 Å². The third-order valence-electron chi connectivity index (χ3n) is 0.838. The molecule has 0 aliphatic rings. The fraction of sp³-hybridized carbons (Fsp3) is 0. The summed E-state index contributed by atoms with van der Waals surface area (Å²) in [4.78, 5) is 10.1. The van der Waals surface area contributed by atoms with E-state index in [1.807, 2.05) is 0 Å². The summed E-state index contributed by atoms with van der Waals surface area (Å²) >= 11 is 0. The highest BCUT2D eigenvalue weighted by atomic mass is 16.4. The Labute approximate surface area is 50.9 Å². The number of carboxylic acid groups (broad SMARTS) is 1. The van der Waals surface area contributed by atoms with Gasteiger partial charge in [0, 0.05) is 6.07 Å². The SMILES string of the molecule is Nc1ccc(C(=O)O)o1. The van der Waals surface area contributed by atoms with Gasteiger partial charge in [-0.25, -0.2) is 4.79 Å². The van der Waals surface area contributed by atoms with Crippen molar-refractivity contribution in [2.45, 2.75) is 0 Å². The second kappa shape index (κ2) is 1.81. The number of nitrogen functional groups attached to an aromatic ring is 1. The predicted molar refractivity (Wildman–Crippen MR) is 30.1 cm³/mol. The van der Waals surface area contributed by atoms with E-state index < -0.39 is 5.97 Å². The summed E-state index contributed by atoms with van der Waals surface area (Å²) in [5, 5.41) is 8.25. The molecule has 0 aromatic carbocycles. The molecule has 1 aromatic rings. The van der Waals surface area contributed by atoms with E-state index in [1.54, 1.807) is 0 Å². The van der Waals surface area contributed by atoms with E-state index in [4.69, 9.17) is 10.8 Å². The standard InChI is InChI=1S/C5H5NO3/c6-4-2-1-3(9-4)5(7)8/h1-2H,6H2,(H,7,8). The zero-order valence-electron chi connectivity index (χ0n) is 4.50. The largest absolute Gasteiger partial charge is 0.475 e. The van der Waals surface area contributed by atoms with Crippen LogP contribution in [0, 0.1) is 0 Å². The Bertz CT molecular complexity index is 228. The molecule has 4 heteroatoms. The van der Waals surface area contributed by atoms with Crippen LogP contribution in [0.25, 0.3) is 0 Å². The molecular formula is C5H5NO3. The van der Waals surface area contributed by atoms with Gasteiger partial charge >= 0.3 is 5.97 Å². The van der Waals surface area contributed by atoms with Crippen LogP contribution in [-0.2, 0) is 0 Å². The lowest BCUT2D eigenvalue weighted by molar-refractivity contribution is 0.0663. The van der Waals surface area contributed by atoms with E-state index in [0.717, 1.165) is 0 Å². The van der Waals surface area contributed by atoms with Gasteiger partial charge in [0.25, 0.3) is 0 Å². The molecule has 1 heterocycles. The first-order valence-electron chi connectivity index (χ1n) is 2.29. The van der Waals surface area contributed by atoms with Crippen LogP contribution in [0.5, 0.6) is 0 Å². The maximum Gasteiger partial charge on any atom is 0.371 e. The first-order valence-corrected chi connectivity index (χ1v) is 2.29. The molecule has 1 aromatic heterocycles. The fourth-order valence-electron chi connectivity index (χ4n) is 0.468. The monoisotopic (exact) mass is 127 g/mol. The summed E-state index contributed by atoms with van der Waals surface area (Å²) in [6.45, 7) is 0. The summed E-state index contributed by atoms with van der Waals surface area (Å²) in [6.07, 6.45) is 0. The molecule has 0 aliphatic carbocycles. The molecule has 3 N–H and O–H groups in total. The molecule has 0 saturated carbocycles. The number of carboxylic acids is 1. The number of anilines is 1. The Morgan fingerprint density at radius 2 is 2.33 bits per heavy atom. The number of hydrogen-bond donors (Lipinski definition) is 2. The number of aromatic carboxylic acids is 1. The minimum absolute atomic E-state index is 0.118. The van der Waals surface area contributed by atoms with Crippen molar-refractivity contribution in [2.75, 3.05) is 5.73 Å². The van der Waals surface area contributed by atoms with Crippen LogP contribution < -0.4 is 5.73 Å². The average molecular weight is 127 g/mol. The van der Waals surface area contributed by atoms with Crippen molar-refractivity contribution >= 4 is 11.9 Å². The highest BCUT2D eigenvalue weighted by Gasteiger charge is 2.05. The average Bonchev–Trinajstić information content (AvgIpc) is 2.14. The van der Waals surface area contributed by atoms with Crippen molar-refractivity contribution in [1.29, 1.82) is 0 Å². The van der Waals surface area contributed by atoms with Crippen LogP contribution in [0.4, 0.5) is 5.88 Å². The predicted octanol–water partition coefficient (Wildman–Crippen LogP) is 0.560. The molecular weight excluding hydrogens is 122 g/mol.